The van der Waals surface area contributed by atoms with Crippen molar-refractivity contribution in [2.45, 2.75) is 25.3 Å². The molecule has 0 fully saturated rings. The van der Waals surface area contributed by atoms with E-state index in [0.29, 0.717) is 0 Å². The number of rotatable bonds is 3. The molecule has 0 saturated carbocycles. The zero-order valence-corrected chi connectivity index (χ0v) is 14.9. The average molecular weight is 374 g/mol. The zero-order valence-electron chi connectivity index (χ0n) is 12.5. The van der Waals surface area contributed by atoms with Crippen LogP contribution in [0, 0.1) is 6.92 Å². The Labute approximate surface area is 143 Å². The second kappa shape index (κ2) is 6.31. The molecule has 0 radical (unpaired) electrons. The number of ketones is 1. The molecule has 0 spiro atoms. The van der Waals surface area contributed by atoms with Gasteiger partial charge in [-0.15, -0.1) is 0 Å². The first kappa shape index (κ1) is 15.4. The van der Waals surface area contributed by atoms with E-state index in [2.05, 4.69) is 64.2 Å². The van der Waals surface area contributed by atoms with E-state index in [9.17, 15) is 4.79 Å². The first-order chi connectivity index (χ1) is 10.5. The van der Waals surface area contributed by atoms with Crippen molar-refractivity contribution in [1.82, 2.24) is 0 Å². The van der Waals surface area contributed by atoms with E-state index in [1.165, 1.54) is 16.0 Å². The summed E-state index contributed by atoms with van der Waals surface area (Å²) in [6, 6.07) is 14.8. The molecule has 0 aliphatic carbocycles. The summed E-state index contributed by atoms with van der Waals surface area (Å²) in [5, 5.41) is 0.987. The SMILES string of the molecule is CC(=O)C=C1Sc2ccc(Br)cc2N1Cc1ccc(C)cc1. The predicted molar refractivity (Wildman–Crippen MR) is 96.1 cm³/mol. The number of carbonyl (C=O) groups excluding carboxylic acids is 1. The number of halogens is 1. The normalized spacial score (nSPS) is 15.2. The third-order valence-electron chi connectivity index (χ3n) is 3.48. The highest BCUT2D eigenvalue weighted by atomic mass is 79.9. The number of nitrogens with zero attached hydrogens (tertiary/aromatic N) is 1. The molecule has 1 aliphatic heterocycles. The highest BCUT2D eigenvalue weighted by molar-refractivity contribution is 9.10. The molecule has 0 saturated heterocycles. The Morgan fingerprint density at radius 3 is 2.64 bits per heavy atom. The summed E-state index contributed by atoms with van der Waals surface area (Å²) < 4.78 is 1.05. The summed E-state index contributed by atoms with van der Waals surface area (Å²) in [5.41, 5.74) is 3.63. The number of allylic oxidation sites excluding steroid dienone is 1. The molecule has 0 N–H and O–H groups in total. The van der Waals surface area contributed by atoms with Crippen LogP contribution in [0.25, 0.3) is 0 Å². The minimum atomic E-state index is 0.0725. The first-order valence-corrected chi connectivity index (χ1v) is 8.66. The van der Waals surface area contributed by atoms with Crippen LogP contribution in [0.4, 0.5) is 5.69 Å². The number of hydrogen-bond donors (Lipinski definition) is 0. The van der Waals surface area contributed by atoms with Crippen molar-refractivity contribution in [1.29, 1.82) is 0 Å². The van der Waals surface area contributed by atoms with E-state index in [1.807, 2.05) is 6.07 Å². The van der Waals surface area contributed by atoms with E-state index in [0.717, 1.165) is 21.7 Å². The van der Waals surface area contributed by atoms with E-state index in [4.69, 9.17) is 0 Å². The van der Waals surface area contributed by atoms with Crippen molar-refractivity contribution in [2.75, 3.05) is 4.90 Å². The Balaban J connectivity index is 1.99. The van der Waals surface area contributed by atoms with Crippen LogP contribution < -0.4 is 4.90 Å². The molecule has 0 bridgehead atoms. The summed E-state index contributed by atoms with van der Waals surface area (Å²) in [6.07, 6.45) is 1.72. The molecule has 0 aromatic heterocycles. The number of aryl methyl sites for hydroxylation is 1. The van der Waals surface area contributed by atoms with Crippen LogP contribution in [0.1, 0.15) is 18.1 Å². The maximum absolute atomic E-state index is 11.5. The minimum absolute atomic E-state index is 0.0725. The summed E-state index contributed by atoms with van der Waals surface area (Å²) in [4.78, 5) is 14.9. The van der Waals surface area contributed by atoms with Crippen LogP contribution in [0.3, 0.4) is 0 Å². The standard InChI is InChI=1S/C18H16BrNOS/c1-12-3-5-14(6-4-12)11-20-16-10-15(19)7-8-17(16)22-18(20)9-13(2)21/h3-10H,11H2,1-2H3. The number of fused-ring (bicyclic) bond motifs is 1. The van der Waals surface area contributed by atoms with Gasteiger partial charge in [-0.2, -0.15) is 0 Å². The van der Waals surface area contributed by atoms with Gasteiger partial charge in [-0.25, -0.2) is 0 Å². The van der Waals surface area contributed by atoms with Crippen LogP contribution in [0.2, 0.25) is 0 Å². The monoisotopic (exact) mass is 373 g/mol. The Morgan fingerprint density at radius 2 is 1.95 bits per heavy atom. The van der Waals surface area contributed by atoms with Crippen LogP contribution in [-0.4, -0.2) is 5.78 Å². The molecule has 4 heteroatoms. The van der Waals surface area contributed by atoms with Gasteiger partial charge in [-0.1, -0.05) is 57.5 Å². The fraction of sp³-hybridized carbons (Fsp3) is 0.167. The van der Waals surface area contributed by atoms with E-state index in [-0.39, 0.29) is 5.78 Å². The Bertz CT molecular complexity index is 752. The van der Waals surface area contributed by atoms with Gasteiger partial charge in [0.25, 0.3) is 0 Å². The number of thioether (sulfide) groups is 1. The second-order valence-corrected chi connectivity index (χ2v) is 7.36. The summed E-state index contributed by atoms with van der Waals surface area (Å²) >= 11 is 5.18. The van der Waals surface area contributed by atoms with Gasteiger partial charge in [-0.05, 0) is 37.6 Å². The number of hydrogen-bond acceptors (Lipinski definition) is 3. The lowest BCUT2D eigenvalue weighted by Crippen LogP contribution is -2.17. The highest BCUT2D eigenvalue weighted by Crippen LogP contribution is 2.47. The van der Waals surface area contributed by atoms with Crippen molar-refractivity contribution in [3.8, 4) is 0 Å². The summed E-state index contributed by atoms with van der Waals surface area (Å²) in [6.45, 7) is 4.44. The fourth-order valence-electron chi connectivity index (χ4n) is 2.39. The molecule has 0 unspecified atom stereocenters. The average Bonchev–Trinajstić information content (AvgIpc) is 2.78. The van der Waals surface area contributed by atoms with Crippen molar-refractivity contribution >= 4 is 39.2 Å². The lowest BCUT2D eigenvalue weighted by molar-refractivity contribution is -0.112. The molecule has 0 amide bonds. The molecule has 2 aromatic carbocycles. The van der Waals surface area contributed by atoms with Gasteiger partial charge in [0.15, 0.2) is 5.78 Å². The third kappa shape index (κ3) is 3.28. The quantitative estimate of drug-likeness (QED) is 0.680. The van der Waals surface area contributed by atoms with Crippen molar-refractivity contribution in [3.05, 3.63) is 69.2 Å². The molecule has 2 aromatic rings. The number of benzene rings is 2. The van der Waals surface area contributed by atoms with E-state index < -0.39 is 0 Å². The molecule has 112 valence electrons. The van der Waals surface area contributed by atoms with E-state index in [1.54, 1.807) is 24.8 Å². The van der Waals surface area contributed by atoms with Crippen molar-refractivity contribution in [2.24, 2.45) is 0 Å². The van der Waals surface area contributed by atoms with Gasteiger partial charge in [-0.3, -0.25) is 4.79 Å². The lowest BCUT2D eigenvalue weighted by Gasteiger charge is -2.20. The Kier molecular flexibility index (Phi) is 4.41. The number of carbonyl (C=O) groups is 1. The van der Waals surface area contributed by atoms with Crippen LogP contribution >= 0.6 is 27.7 Å². The maximum atomic E-state index is 11.5. The van der Waals surface area contributed by atoms with Crippen LogP contribution in [0.15, 0.2) is 62.9 Å². The molecular weight excluding hydrogens is 358 g/mol. The van der Waals surface area contributed by atoms with Gasteiger partial charge in [0.05, 0.1) is 10.7 Å². The topological polar surface area (TPSA) is 20.3 Å². The van der Waals surface area contributed by atoms with Gasteiger partial charge < -0.3 is 4.90 Å². The zero-order chi connectivity index (χ0) is 15.7. The van der Waals surface area contributed by atoms with Crippen molar-refractivity contribution < 1.29 is 4.79 Å². The molecule has 22 heavy (non-hydrogen) atoms. The van der Waals surface area contributed by atoms with Crippen LogP contribution in [0.5, 0.6) is 0 Å². The van der Waals surface area contributed by atoms with Gasteiger partial charge >= 0.3 is 0 Å². The largest absolute Gasteiger partial charge is 0.330 e. The Morgan fingerprint density at radius 1 is 1.23 bits per heavy atom. The maximum Gasteiger partial charge on any atom is 0.155 e. The van der Waals surface area contributed by atoms with Crippen molar-refractivity contribution in [3.63, 3.8) is 0 Å². The number of anilines is 1. The smallest absolute Gasteiger partial charge is 0.155 e. The molecule has 1 heterocycles. The lowest BCUT2D eigenvalue weighted by atomic mass is 10.1. The minimum Gasteiger partial charge on any atom is -0.330 e. The summed E-state index contributed by atoms with van der Waals surface area (Å²) in [5.74, 6) is 0.0725. The summed E-state index contributed by atoms with van der Waals surface area (Å²) in [7, 11) is 0. The highest BCUT2D eigenvalue weighted by Gasteiger charge is 2.25. The fourth-order valence-corrected chi connectivity index (χ4v) is 3.88. The predicted octanol–water partition coefficient (Wildman–Crippen LogP) is 5.30. The third-order valence-corrected chi connectivity index (χ3v) is 5.09. The van der Waals surface area contributed by atoms with Gasteiger partial charge in [0.1, 0.15) is 0 Å². The van der Waals surface area contributed by atoms with Crippen LogP contribution in [-0.2, 0) is 11.3 Å². The van der Waals surface area contributed by atoms with Gasteiger partial charge in [0, 0.05) is 22.0 Å². The molecular formula is C18H16BrNOS. The second-order valence-electron chi connectivity index (χ2n) is 5.38. The molecule has 0 atom stereocenters. The first-order valence-electron chi connectivity index (χ1n) is 7.06. The van der Waals surface area contributed by atoms with Gasteiger partial charge in [0.2, 0.25) is 0 Å². The molecule has 1 aliphatic rings. The Hall–Kier alpha value is -1.52. The molecule has 2 nitrogen and oxygen atoms in total. The van der Waals surface area contributed by atoms with E-state index >= 15 is 0 Å². The molecule has 3 rings (SSSR count).